The van der Waals surface area contributed by atoms with Gasteiger partial charge in [0.05, 0.1) is 6.67 Å². The van der Waals surface area contributed by atoms with Gasteiger partial charge in [0, 0.05) is 19.0 Å². The van der Waals surface area contributed by atoms with Gasteiger partial charge in [0.1, 0.15) is 0 Å². The molecule has 0 saturated carbocycles. The number of halogens is 2. The minimum absolute atomic E-state index is 0.00983. The lowest BCUT2D eigenvalue weighted by atomic mass is 10.0. The Balaban J connectivity index is 1.97. The van der Waals surface area contributed by atoms with E-state index < -0.39 is 0 Å². The molecule has 1 aromatic heterocycles. The van der Waals surface area contributed by atoms with E-state index in [0.717, 1.165) is 0 Å². The van der Waals surface area contributed by atoms with Gasteiger partial charge in [-0.1, -0.05) is 0 Å². The number of hydrogen-bond acceptors (Lipinski definition) is 2. The van der Waals surface area contributed by atoms with Crippen LogP contribution in [0.1, 0.15) is 10.6 Å². The van der Waals surface area contributed by atoms with Gasteiger partial charge in [0.2, 0.25) is 0 Å². The highest BCUT2D eigenvalue weighted by molar-refractivity contribution is 6.29. The highest BCUT2D eigenvalue weighted by Gasteiger charge is 2.32. The van der Waals surface area contributed by atoms with E-state index in [0.29, 0.717) is 13.1 Å². The summed E-state index contributed by atoms with van der Waals surface area (Å²) in [6.45, 7) is 0.560. The van der Waals surface area contributed by atoms with Gasteiger partial charge in [-0.25, -0.2) is 0 Å². The van der Waals surface area contributed by atoms with Gasteiger partial charge in [0.25, 0.3) is 5.91 Å². The van der Waals surface area contributed by atoms with Gasteiger partial charge in [-0.2, -0.15) is 0 Å². The van der Waals surface area contributed by atoms with Crippen molar-refractivity contribution in [3.63, 3.8) is 0 Å². The minimum atomic E-state index is -0.372. The molecule has 0 radical (unpaired) electrons. The van der Waals surface area contributed by atoms with E-state index in [4.69, 9.17) is 16.0 Å². The van der Waals surface area contributed by atoms with Crippen molar-refractivity contribution >= 4 is 17.5 Å². The first kappa shape index (κ1) is 9.52. The molecule has 2 rings (SSSR count). The van der Waals surface area contributed by atoms with Gasteiger partial charge >= 0.3 is 0 Å². The second-order valence-electron chi connectivity index (χ2n) is 3.33. The highest BCUT2D eigenvalue weighted by atomic mass is 35.5. The maximum absolute atomic E-state index is 12.1. The predicted octanol–water partition coefficient (Wildman–Crippen LogP) is 1.97. The van der Waals surface area contributed by atoms with Gasteiger partial charge in [-0.15, -0.1) is 0 Å². The second kappa shape index (κ2) is 3.61. The first-order valence-electron chi connectivity index (χ1n) is 4.31. The standard InChI is InChI=1S/C9H9ClFNO2/c10-8-2-1-7(14-8)9(13)12-4-6(3-11)5-12/h1-2,6H,3-5H2. The molecule has 1 amide bonds. The summed E-state index contributed by atoms with van der Waals surface area (Å²) in [5, 5.41) is 0.191. The number of nitrogens with zero attached hydrogens (tertiary/aromatic N) is 1. The monoisotopic (exact) mass is 217 g/mol. The SMILES string of the molecule is O=C(c1ccc(Cl)o1)N1CC(CF)C1. The summed E-state index contributed by atoms with van der Waals surface area (Å²) in [6.07, 6.45) is 0. The second-order valence-corrected chi connectivity index (χ2v) is 3.71. The average Bonchev–Trinajstić information content (AvgIpc) is 2.49. The lowest BCUT2D eigenvalue weighted by Gasteiger charge is -2.37. The first-order chi connectivity index (χ1) is 6.70. The molecule has 5 heteroatoms. The summed E-state index contributed by atoms with van der Waals surface area (Å²) in [5.74, 6) is -0.0155. The van der Waals surface area contributed by atoms with Crippen molar-refractivity contribution < 1.29 is 13.6 Å². The van der Waals surface area contributed by atoms with Crippen LogP contribution in [0.4, 0.5) is 4.39 Å². The van der Waals surface area contributed by atoms with E-state index in [1.54, 1.807) is 4.90 Å². The maximum Gasteiger partial charge on any atom is 0.289 e. The van der Waals surface area contributed by atoms with Crippen molar-refractivity contribution in [1.29, 1.82) is 0 Å². The van der Waals surface area contributed by atoms with Gasteiger partial charge in [0.15, 0.2) is 11.0 Å². The molecule has 0 N–H and O–H groups in total. The fraction of sp³-hybridized carbons (Fsp3) is 0.444. The smallest absolute Gasteiger partial charge is 0.289 e. The van der Waals surface area contributed by atoms with Crippen LogP contribution >= 0.6 is 11.6 Å². The Morgan fingerprint density at radius 1 is 1.64 bits per heavy atom. The Hall–Kier alpha value is -1.03. The van der Waals surface area contributed by atoms with Crippen LogP contribution < -0.4 is 0 Å². The molecule has 1 aliphatic rings. The van der Waals surface area contributed by atoms with Crippen LogP contribution in [-0.2, 0) is 0 Å². The zero-order chi connectivity index (χ0) is 10.1. The van der Waals surface area contributed by atoms with Gasteiger partial charge in [-0.3, -0.25) is 9.18 Å². The fourth-order valence-corrected chi connectivity index (χ4v) is 1.56. The van der Waals surface area contributed by atoms with E-state index in [1.807, 2.05) is 0 Å². The quantitative estimate of drug-likeness (QED) is 0.759. The maximum atomic E-state index is 12.1. The number of alkyl halides is 1. The highest BCUT2D eigenvalue weighted by Crippen LogP contribution is 2.21. The number of likely N-dealkylation sites (tertiary alicyclic amines) is 1. The summed E-state index contributed by atoms with van der Waals surface area (Å²) in [6, 6.07) is 3.04. The zero-order valence-electron chi connectivity index (χ0n) is 7.37. The molecule has 1 aliphatic heterocycles. The number of amides is 1. The Morgan fingerprint density at radius 3 is 2.86 bits per heavy atom. The van der Waals surface area contributed by atoms with Crippen molar-refractivity contribution in [3.8, 4) is 0 Å². The van der Waals surface area contributed by atoms with Gasteiger partial charge < -0.3 is 9.32 Å². The molecule has 2 heterocycles. The van der Waals surface area contributed by atoms with Crippen LogP contribution in [0.5, 0.6) is 0 Å². The Bertz CT molecular complexity index is 346. The lowest BCUT2D eigenvalue weighted by Crippen LogP contribution is -2.50. The fourth-order valence-electron chi connectivity index (χ4n) is 1.42. The number of carbonyl (C=O) groups is 1. The van der Waals surface area contributed by atoms with E-state index in [2.05, 4.69) is 0 Å². The van der Waals surface area contributed by atoms with E-state index in [1.165, 1.54) is 12.1 Å². The summed E-state index contributed by atoms with van der Waals surface area (Å²) in [7, 11) is 0. The average molecular weight is 218 g/mol. The molecular weight excluding hydrogens is 209 g/mol. The molecule has 76 valence electrons. The predicted molar refractivity (Wildman–Crippen MR) is 49.1 cm³/mol. The first-order valence-corrected chi connectivity index (χ1v) is 4.69. The van der Waals surface area contributed by atoms with Gasteiger partial charge in [-0.05, 0) is 23.7 Å². The van der Waals surface area contributed by atoms with Crippen LogP contribution in [-0.4, -0.2) is 30.6 Å². The third-order valence-electron chi connectivity index (χ3n) is 2.25. The van der Waals surface area contributed by atoms with Crippen molar-refractivity contribution in [3.05, 3.63) is 23.1 Å². The van der Waals surface area contributed by atoms with Crippen molar-refractivity contribution in [1.82, 2.24) is 4.90 Å². The molecule has 0 unspecified atom stereocenters. The number of rotatable bonds is 2. The molecule has 0 aliphatic carbocycles. The third kappa shape index (κ3) is 1.62. The minimum Gasteiger partial charge on any atom is -0.440 e. The molecule has 1 fully saturated rings. The summed E-state index contributed by atoms with van der Waals surface area (Å²) < 4.78 is 17.1. The summed E-state index contributed by atoms with van der Waals surface area (Å²) >= 11 is 5.53. The van der Waals surface area contributed by atoms with E-state index in [-0.39, 0.29) is 29.5 Å². The topological polar surface area (TPSA) is 33.5 Å². The van der Waals surface area contributed by atoms with Crippen LogP contribution in [0.3, 0.4) is 0 Å². The number of furan rings is 1. The Morgan fingerprint density at radius 2 is 2.36 bits per heavy atom. The van der Waals surface area contributed by atoms with Crippen LogP contribution in [0, 0.1) is 5.92 Å². The lowest BCUT2D eigenvalue weighted by molar-refractivity contribution is 0.0422. The molecular formula is C9H9ClFNO2. The Kier molecular flexibility index (Phi) is 2.46. The largest absolute Gasteiger partial charge is 0.440 e. The number of carbonyl (C=O) groups excluding carboxylic acids is 1. The van der Waals surface area contributed by atoms with E-state index in [9.17, 15) is 9.18 Å². The van der Waals surface area contributed by atoms with Crippen molar-refractivity contribution in [2.45, 2.75) is 0 Å². The van der Waals surface area contributed by atoms with Crippen molar-refractivity contribution in [2.75, 3.05) is 19.8 Å². The van der Waals surface area contributed by atoms with Crippen LogP contribution in [0.2, 0.25) is 5.22 Å². The third-order valence-corrected chi connectivity index (χ3v) is 2.45. The molecule has 3 nitrogen and oxygen atoms in total. The molecule has 1 saturated heterocycles. The van der Waals surface area contributed by atoms with E-state index >= 15 is 0 Å². The van der Waals surface area contributed by atoms with Crippen LogP contribution in [0.15, 0.2) is 16.5 Å². The Labute approximate surface area is 85.4 Å². The summed E-state index contributed by atoms with van der Waals surface area (Å²) in [5.41, 5.74) is 0. The molecule has 0 bridgehead atoms. The van der Waals surface area contributed by atoms with Crippen molar-refractivity contribution in [2.24, 2.45) is 5.92 Å². The molecule has 0 aromatic carbocycles. The summed E-state index contributed by atoms with van der Waals surface area (Å²) in [4.78, 5) is 13.1. The molecule has 1 aromatic rings. The molecule has 0 spiro atoms. The number of hydrogen-bond donors (Lipinski definition) is 0. The zero-order valence-corrected chi connectivity index (χ0v) is 8.13. The normalized spacial score (nSPS) is 16.9. The molecule has 14 heavy (non-hydrogen) atoms. The molecule has 0 atom stereocenters. The van der Waals surface area contributed by atoms with Crippen LogP contribution in [0.25, 0.3) is 0 Å².